The van der Waals surface area contributed by atoms with Gasteiger partial charge >= 0.3 is 0 Å². The van der Waals surface area contributed by atoms with Gasteiger partial charge in [-0.3, -0.25) is 0 Å². The van der Waals surface area contributed by atoms with Gasteiger partial charge < -0.3 is 5.11 Å². The highest BCUT2D eigenvalue weighted by atomic mass is 19.1. The Morgan fingerprint density at radius 2 is 1.54 bits per heavy atom. The van der Waals surface area contributed by atoms with Crippen LogP contribution in [0.1, 0.15) is 53.4 Å². The fraction of sp³-hybridized carbons (Fsp3) is 1.00. The molecule has 0 heterocycles. The molecule has 0 rings (SSSR count). The number of aliphatic hydroxyl groups excluding tert-OH is 1. The Bertz CT molecular complexity index is 121. The second-order valence-electron chi connectivity index (χ2n) is 4.36. The van der Waals surface area contributed by atoms with Crippen LogP contribution in [0.4, 0.5) is 4.39 Å². The largest absolute Gasteiger partial charge is 0.393 e. The van der Waals surface area contributed by atoms with Gasteiger partial charge in [0.2, 0.25) is 0 Å². The van der Waals surface area contributed by atoms with Crippen LogP contribution in [0.5, 0.6) is 0 Å². The van der Waals surface area contributed by atoms with Crippen molar-refractivity contribution in [3.8, 4) is 0 Å². The highest BCUT2D eigenvalue weighted by Gasteiger charge is 2.35. The van der Waals surface area contributed by atoms with E-state index in [1.54, 1.807) is 6.92 Å². The van der Waals surface area contributed by atoms with Gasteiger partial charge in [-0.05, 0) is 18.3 Å². The van der Waals surface area contributed by atoms with Gasteiger partial charge in [0.15, 0.2) is 0 Å². The number of halogens is 1. The molecule has 0 aromatic rings. The van der Waals surface area contributed by atoms with Crippen molar-refractivity contribution in [1.82, 2.24) is 0 Å². The van der Waals surface area contributed by atoms with E-state index in [1.807, 2.05) is 0 Å². The molecule has 1 N–H and O–H groups in total. The third-order valence-electron chi connectivity index (χ3n) is 3.37. The molecule has 0 spiro atoms. The van der Waals surface area contributed by atoms with Crippen LogP contribution in [0.25, 0.3) is 0 Å². The van der Waals surface area contributed by atoms with Crippen LogP contribution in [0.15, 0.2) is 0 Å². The monoisotopic (exact) mass is 190 g/mol. The van der Waals surface area contributed by atoms with Crippen molar-refractivity contribution in [3.63, 3.8) is 0 Å². The summed E-state index contributed by atoms with van der Waals surface area (Å²) < 4.78 is 13.9. The molecule has 0 aromatic heterocycles. The zero-order valence-electron chi connectivity index (χ0n) is 9.36. The first-order valence-electron chi connectivity index (χ1n) is 5.25. The Balaban J connectivity index is 4.36. The molecular formula is C11H23FO. The van der Waals surface area contributed by atoms with Gasteiger partial charge in [-0.15, -0.1) is 0 Å². The van der Waals surface area contributed by atoms with Gasteiger partial charge in [0.25, 0.3) is 0 Å². The maximum absolute atomic E-state index is 13.9. The molecule has 0 aliphatic rings. The van der Waals surface area contributed by atoms with Gasteiger partial charge in [0, 0.05) is 0 Å². The van der Waals surface area contributed by atoms with Crippen molar-refractivity contribution in [2.45, 2.75) is 59.0 Å². The Morgan fingerprint density at radius 1 is 1.08 bits per heavy atom. The van der Waals surface area contributed by atoms with Crippen molar-refractivity contribution in [1.29, 1.82) is 0 Å². The number of rotatable bonds is 6. The second kappa shape index (κ2) is 4.94. The summed E-state index contributed by atoms with van der Waals surface area (Å²) in [6.45, 7) is 7.70. The van der Waals surface area contributed by atoms with Crippen LogP contribution in [-0.4, -0.2) is 17.4 Å². The number of alkyl halides is 1. The molecule has 0 saturated heterocycles. The minimum atomic E-state index is -1.37. The number of hydrogen-bond acceptors (Lipinski definition) is 1. The van der Waals surface area contributed by atoms with Crippen LogP contribution in [-0.2, 0) is 0 Å². The minimum Gasteiger partial charge on any atom is -0.393 e. The zero-order valence-corrected chi connectivity index (χ0v) is 9.36. The molecule has 0 radical (unpaired) electrons. The first-order chi connectivity index (χ1) is 5.95. The standard InChI is InChI=1S/C11H23FO/c1-5-10(4,6-2)8-11(12,7-3)9-13/h13H,5-9H2,1-4H3/t11-/m1/s1. The summed E-state index contributed by atoms with van der Waals surface area (Å²) in [5.41, 5.74) is -1.34. The van der Waals surface area contributed by atoms with Crippen molar-refractivity contribution in [2.24, 2.45) is 5.41 Å². The molecule has 0 fully saturated rings. The zero-order chi connectivity index (χ0) is 10.5. The summed E-state index contributed by atoms with van der Waals surface area (Å²) in [5.74, 6) is 0. The van der Waals surface area contributed by atoms with E-state index >= 15 is 0 Å². The summed E-state index contributed by atoms with van der Waals surface area (Å²) in [6, 6.07) is 0. The third-order valence-corrected chi connectivity index (χ3v) is 3.37. The van der Waals surface area contributed by atoms with E-state index in [2.05, 4.69) is 20.8 Å². The SMILES string of the molecule is CCC(C)(CC)C[C@](F)(CC)CO. The van der Waals surface area contributed by atoms with E-state index in [0.717, 1.165) is 12.8 Å². The Hall–Kier alpha value is -0.110. The van der Waals surface area contributed by atoms with Crippen LogP contribution < -0.4 is 0 Å². The van der Waals surface area contributed by atoms with E-state index in [-0.39, 0.29) is 12.0 Å². The fourth-order valence-electron chi connectivity index (χ4n) is 1.56. The van der Waals surface area contributed by atoms with Crippen molar-refractivity contribution < 1.29 is 9.50 Å². The molecule has 0 aliphatic heterocycles. The molecule has 0 bridgehead atoms. The van der Waals surface area contributed by atoms with E-state index in [0.29, 0.717) is 12.8 Å². The molecule has 0 aliphatic carbocycles. The van der Waals surface area contributed by atoms with Gasteiger partial charge in [-0.2, -0.15) is 0 Å². The van der Waals surface area contributed by atoms with Crippen LogP contribution in [0.2, 0.25) is 0 Å². The topological polar surface area (TPSA) is 20.2 Å². The summed E-state index contributed by atoms with van der Waals surface area (Å²) in [6.07, 6.45) is 2.81. The van der Waals surface area contributed by atoms with Crippen LogP contribution >= 0.6 is 0 Å². The van der Waals surface area contributed by atoms with Gasteiger partial charge in [0.1, 0.15) is 5.67 Å². The van der Waals surface area contributed by atoms with Gasteiger partial charge in [-0.1, -0.05) is 40.5 Å². The predicted octanol–water partition coefficient (Wildman–Crippen LogP) is 3.31. The smallest absolute Gasteiger partial charge is 0.134 e. The predicted molar refractivity (Wildman–Crippen MR) is 54.5 cm³/mol. The Kier molecular flexibility index (Phi) is 4.90. The van der Waals surface area contributed by atoms with Crippen molar-refractivity contribution >= 4 is 0 Å². The van der Waals surface area contributed by atoms with Crippen LogP contribution in [0.3, 0.4) is 0 Å². The van der Waals surface area contributed by atoms with E-state index in [9.17, 15) is 4.39 Å². The van der Waals surface area contributed by atoms with E-state index in [1.165, 1.54) is 0 Å². The van der Waals surface area contributed by atoms with E-state index in [4.69, 9.17) is 5.11 Å². The minimum absolute atomic E-state index is 0.0352. The fourth-order valence-corrected chi connectivity index (χ4v) is 1.56. The molecular weight excluding hydrogens is 167 g/mol. The maximum atomic E-state index is 13.9. The molecule has 2 heteroatoms. The lowest BCUT2D eigenvalue weighted by Crippen LogP contribution is -2.34. The summed E-state index contributed by atoms with van der Waals surface area (Å²) >= 11 is 0. The number of aliphatic hydroxyl groups is 1. The van der Waals surface area contributed by atoms with Gasteiger partial charge in [-0.25, -0.2) is 4.39 Å². The maximum Gasteiger partial charge on any atom is 0.134 e. The summed E-state index contributed by atoms with van der Waals surface area (Å²) in [5, 5.41) is 8.96. The normalized spacial score (nSPS) is 17.1. The Morgan fingerprint density at radius 3 is 1.77 bits per heavy atom. The summed E-state index contributed by atoms with van der Waals surface area (Å²) in [4.78, 5) is 0. The highest BCUT2D eigenvalue weighted by molar-refractivity contribution is 4.85. The molecule has 0 saturated carbocycles. The molecule has 0 unspecified atom stereocenters. The molecule has 1 atom stereocenters. The second-order valence-corrected chi connectivity index (χ2v) is 4.36. The lowest BCUT2D eigenvalue weighted by molar-refractivity contribution is 0.0178. The lowest BCUT2D eigenvalue weighted by Gasteiger charge is -2.34. The van der Waals surface area contributed by atoms with Crippen LogP contribution in [0, 0.1) is 5.41 Å². The van der Waals surface area contributed by atoms with E-state index < -0.39 is 5.67 Å². The average Bonchev–Trinajstić information content (AvgIpc) is 2.17. The first-order valence-corrected chi connectivity index (χ1v) is 5.25. The summed E-state index contributed by atoms with van der Waals surface area (Å²) in [7, 11) is 0. The average molecular weight is 190 g/mol. The van der Waals surface area contributed by atoms with Crippen molar-refractivity contribution in [2.75, 3.05) is 6.61 Å². The Labute approximate surface area is 81.3 Å². The quantitative estimate of drug-likeness (QED) is 0.681. The number of hydrogen-bond donors (Lipinski definition) is 1. The molecule has 13 heavy (non-hydrogen) atoms. The molecule has 80 valence electrons. The highest BCUT2D eigenvalue weighted by Crippen LogP contribution is 2.38. The lowest BCUT2D eigenvalue weighted by atomic mass is 9.75. The molecule has 0 amide bonds. The third kappa shape index (κ3) is 3.63. The molecule has 0 aromatic carbocycles. The molecule has 1 nitrogen and oxygen atoms in total. The first kappa shape index (κ1) is 12.9. The van der Waals surface area contributed by atoms with Gasteiger partial charge in [0.05, 0.1) is 6.61 Å². The van der Waals surface area contributed by atoms with Crippen molar-refractivity contribution in [3.05, 3.63) is 0 Å².